The quantitative estimate of drug-likeness (QED) is 0.757. The number of fused-ring (bicyclic) bond motifs is 1. The van der Waals surface area contributed by atoms with Crippen LogP contribution < -0.4 is 10.9 Å². The van der Waals surface area contributed by atoms with Gasteiger partial charge >= 0.3 is 0 Å². The molecule has 0 aliphatic heterocycles. The van der Waals surface area contributed by atoms with Gasteiger partial charge in [-0.1, -0.05) is 29.8 Å². The summed E-state index contributed by atoms with van der Waals surface area (Å²) in [6.07, 6.45) is 0. The Kier molecular flexibility index (Phi) is 3.69. The molecule has 0 spiro atoms. The SMILES string of the molecule is Cc1cc2ccc(NC(=O)c3ccccc3Cl)cc2[nH]c1=O. The number of aryl methyl sites for hydroxylation is 1. The Morgan fingerprint density at radius 1 is 1.14 bits per heavy atom. The topological polar surface area (TPSA) is 62.0 Å². The second-order valence-corrected chi connectivity index (χ2v) is 5.42. The van der Waals surface area contributed by atoms with Gasteiger partial charge in [-0.2, -0.15) is 0 Å². The maximum Gasteiger partial charge on any atom is 0.257 e. The maximum absolute atomic E-state index is 12.2. The molecule has 5 heteroatoms. The van der Waals surface area contributed by atoms with Crippen molar-refractivity contribution in [2.75, 3.05) is 5.32 Å². The van der Waals surface area contributed by atoms with Crippen LogP contribution in [-0.2, 0) is 0 Å². The Bertz CT molecular complexity index is 931. The zero-order valence-electron chi connectivity index (χ0n) is 11.8. The van der Waals surface area contributed by atoms with E-state index >= 15 is 0 Å². The van der Waals surface area contributed by atoms with Gasteiger partial charge in [-0.15, -0.1) is 0 Å². The van der Waals surface area contributed by atoms with Crippen molar-refractivity contribution < 1.29 is 4.79 Å². The lowest BCUT2D eigenvalue weighted by Crippen LogP contribution is -2.13. The van der Waals surface area contributed by atoms with Gasteiger partial charge in [0.1, 0.15) is 0 Å². The average Bonchev–Trinajstić information content (AvgIpc) is 2.49. The van der Waals surface area contributed by atoms with Crippen LogP contribution in [0.3, 0.4) is 0 Å². The molecule has 22 heavy (non-hydrogen) atoms. The standard InChI is InChI=1S/C17H13ClN2O2/c1-10-8-11-6-7-12(9-15(11)20-16(10)21)19-17(22)13-4-2-3-5-14(13)18/h2-9H,1H3,(H,19,22)(H,20,21). The number of anilines is 1. The highest BCUT2D eigenvalue weighted by molar-refractivity contribution is 6.34. The first-order valence-corrected chi connectivity index (χ1v) is 7.12. The first-order chi connectivity index (χ1) is 10.5. The molecule has 0 saturated carbocycles. The van der Waals surface area contributed by atoms with Gasteiger partial charge < -0.3 is 10.3 Å². The number of hydrogen-bond donors (Lipinski definition) is 2. The van der Waals surface area contributed by atoms with E-state index in [9.17, 15) is 9.59 Å². The summed E-state index contributed by atoms with van der Waals surface area (Å²) in [7, 11) is 0. The zero-order valence-corrected chi connectivity index (χ0v) is 12.6. The van der Waals surface area contributed by atoms with E-state index < -0.39 is 0 Å². The van der Waals surface area contributed by atoms with Crippen LogP contribution in [0.1, 0.15) is 15.9 Å². The molecule has 1 amide bonds. The largest absolute Gasteiger partial charge is 0.322 e. The summed E-state index contributed by atoms with van der Waals surface area (Å²) < 4.78 is 0. The summed E-state index contributed by atoms with van der Waals surface area (Å²) in [5, 5.41) is 4.08. The fourth-order valence-corrected chi connectivity index (χ4v) is 2.45. The van der Waals surface area contributed by atoms with Crippen molar-refractivity contribution in [3.05, 3.63) is 75.0 Å². The summed E-state index contributed by atoms with van der Waals surface area (Å²) in [4.78, 5) is 26.7. The number of amides is 1. The number of aromatic nitrogens is 1. The van der Waals surface area contributed by atoms with Crippen LogP contribution in [0.25, 0.3) is 10.9 Å². The molecule has 0 saturated heterocycles. The predicted octanol–water partition coefficient (Wildman–Crippen LogP) is 3.74. The Labute approximate surface area is 131 Å². The number of carbonyl (C=O) groups excluding carboxylic acids is 1. The number of pyridine rings is 1. The Morgan fingerprint density at radius 2 is 1.91 bits per heavy atom. The monoisotopic (exact) mass is 312 g/mol. The highest BCUT2D eigenvalue weighted by atomic mass is 35.5. The van der Waals surface area contributed by atoms with Gasteiger partial charge in [0.25, 0.3) is 11.5 Å². The molecule has 1 aromatic heterocycles. The second kappa shape index (κ2) is 5.66. The van der Waals surface area contributed by atoms with E-state index in [2.05, 4.69) is 10.3 Å². The van der Waals surface area contributed by atoms with E-state index in [0.717, 1.165) is 5.39 Å². The molecular weight excluding hydrogens is 300 g/mol. The van der Waals surface area contributed by atoms with Crippen molar-refractivity contribution in [3.63, 3.8) is 0 Å². The molecule has 2 aromatic carbocycles. The van der Waals surface area contributed by atoms with Crippen molar-refractivity contribution in [1.29, 1.82) is 0 Å². The summed E-state index contributed by atoms with van der Waals surface area (Å²) in [5.41, 5.74) is 2.19. The molecule has 3 rings (SSSR count). The first kappa shape index (κ1) is 14.4. The Hall–Kier alpha value is -2.59. The average molecular weight is 313 g/mol. The van der Waals surface area contributed by atoms with Crippen LogP contribution in [-0.4, -0.2) is 10.9 Å². The normalized spacial score (nSPS) is 10.6. The predicted molar refractivity (Wildman–Crippen MR) is 88.7 cm³/mol. The molecule has 0 radical (unpaired) electrons. The molecule has 110 valence electrons. The lowest BCUT2D eigenvalue weighted by atomic mass is 10.1. The van der Waals surface area contributed by atoms with Crippen LogP contribution in [0.15, 0.2) is 53.3 Å². The van der Waals surface area contributed by atoms with Crippen molar-refractivity contribution in [2.24, 2.45) is 0 Å². The molecule has 2 N–H and O–H groups in total. The van der Waals surface area contributed by atoms with Crippen molar-refractivity contribution in [1.82, 2.24) is 4.98 Å². The van der Waals surface area contributed by atoms with Crippen molar-refractivity contribution in [3.8, 4) is 0 Å². The van der Waals surface area contributed by atoms with E-state index in [1.807, 2.05) is 12.1 Å². The lowest BCUT2D eigenvalue weighted by Gasteiger charge is -2.08. The molecule has 4 nitrogen and oxygen atoms in total. The van der Waals surface area contributed by atoms with Gasteiger partial charge in [0.05, 0.1) is 16.1 Å². The van der Waals surface area contributed by atoms with E-state index in [4.69, 9.17) is 11.6 Å². The van der Waals surface area contributed by atoms with Crippen LogP contribution in [0.4, 0.5) is 5.69 Å². The summed E-state index contributed by atoms with van der Waals surface area (Å²) in [5.74, 6) is -0.292. The second-order valence-electron chi connectivity index (χ2n) is 5.02. The molecule has 3 aromatic rings. The smallest absolute Gasteiger partial charge is 0.257 e. The van der Waals surface area contributed by atoms with Crippen LogP contribution in [0, 0.1) is 6.92 Å². The number of H-pyrrole nitrogens is 1. The number of aromatic amines is 1. The fraction of sp³-hybridized carbons (Fsp3) is 0.0588. The number of hydrogen-bond acceptors (Lipinski definition) is 2. The summed E-state index contributed by atoms with van der Waals surface area (Å²) in [6, 6.07) is 14.0. The number of rotatable bonds is 2. The van der Waals surface area contributed by atoms with E-state index in [1.165, 1.54) is 0 Å². The maximum atomic E-state index is 12.2. The summed E-state index contributed by atoms with van der Waals surface area (Å²) >= 11 is 6.01. The van der Waals surface area contributed by atoms with Gasteiger partial charge in [0.15, 0.2) is 0 Å². The molecular formula is C17H13ClN2O2. The molecule has 0 atom stereocenters. The molecule has 0 fully saturated rings. The third-order valence-corrected chi connectivity index (χ3v) is 3.74. The molecule has 0 aliphatic rings. The minimum Gasteiger partial charge on any atom is -0.322 e. The van der Waals surface area contributed by atoms with Gasteiger partial charge in [-0.05, 0) is 42.6 Å². The molecule has 0 bridgehead atoms. The molecule has 0 unspecified atom stereocenters. The first-order valence-electron chi connectivity index (χ1n) is 6.74. The third kappa shape index (κ3) is 2.73. The van der Waals surface area contributed by atoms with Crippen LogP contribution in [0.5, 0.6) is 0 Å². The minimum atomic E-state index is -0.292. The van der Waals surface area contributed by atoms with Gasteiger partial charge in [0.2, 0.25) is 0 Å². The van der Waals surface area contributed by atoms with Crippen molar-refractivity contribution in [2.45, 2.75) is 6.92 Å². The Morgan fingerprint density at radius 3 is 2.68 bits per heavy atom. The highest BCUT2D eigenvalue weighted by Gasteiger charge is 2.10. The third-order valence-electron chi connectivity index (χ3n) is 3.41. The van der Waals surface area contributed by atoms with Gasteiger partial charge in [-0.3, -0.25) is 9.59 Å². The summed E-state index contributed by atoms with van der Waals surface area (Å²) in [6.45, 7) is 1.76. The zero-order chi connectivity index (χ0) is 15.7. The van der Waals surface area contributed by atoms with Gasteiger partial charge in [-0.25, -0.2) is 0 Å². The minimum absolute atomic E-state index is 0.137. The highest BCUT2D eigenvalue weighted by Crippen LogP contribution is 2.20. The van der Waals surface area contributed by atoms with Crippen molar-refractivity contribution >= 4 is 34.1 Å². The van der Waals surface area contributed by atoms with Crippen LogP contribution in [0.2, 0.25) is 5.02 Å². The number of benzene rings is 2. The lowest BCUT2D eigenvalue weighted by molar-refractivity contribution is 0.102. The van der Waals surface area contributed by atoms with E-state index in [-0.39, 0.29) is 11.5 Å². The molecule has 0 aliphatic carbocycles. The number of nitrogens with one attached hydrogen (secondary N) is 2. The number of halogens is 1. The van der Waals surface area contributed by atoms with E-state index in [0.29, 0.717) is 27.4 Å². The fourth-order valence-electron chi connectivity index (χ4n) is 2.23. The van der Waals surface area contributed by atoms with Crippen LogP contribution >= 0.6 is 11.6 Å². The number of carbonyl (C=O) groups is 1. The van der Waals surface area contributed by atoms with Gasteiger partial charge in [0, 0.05) is 11.3 Å². The van der Waals surface area contributed by atoms with E-state index in [1.54, 1.807) is 43.3 Å². The molecule has 1 heterocycles. The Balaban J connectivity index is 1.94.